The molecule has 17 heavy (non-hydrogen) atoms. The van der Waals surface area contributed by atoms with Gasteiger partial charge in [-0.1, -0.05) is 19.1 Å². The van der Waals surface area contributed by atoms with Gasteiger partial charge in [-0.2, -0.15) is 0 Å². The topological polar surface area (TPSA) is 50.8 Å². The number of benzene rings is 1. The Balaban J connectivity index is 2.21. The SMILES string of the molecule is CCCN1C(N)=NCC1c1cccc(OC)c1. The van der Waals surface area contributed by atoms with Crippen molar-refractivity contribution in [2.75, 3.05) is 20.2 Å². The third-order valence-electron chi connectivity index (χ3n) is 3.04. The van der Waals surface area contributed by atoms with Crippen LogP contribution < -0.4 is 10.5 Å². The third-order valence-corrected chi connectivity index (χ3v) is 3.04. The van der Waals surface area contributed by atoms with Gasteiger partial charge < -0.3 is 15.4 Å². The number of nitrogens with zero attached hydrogens (tertiary/aromatic N) is 2. The van der Waals surface area contributed by atoms with Crippen molar-refractivity contribution in [3.63, 3.8) is 0 Å². The van der Waals surface area contributed by atoms with E-state index in [0.29, 0.717) is 5.96 Å². The van der Waals surface area contributed by atoms with Crippen LogP contribution in [0.1, 0.15) is 24.9 Å². The van der Waals surface area contributed by atoms with Gasteiger partial charge in [0, 0.05) is 6.54 Å². The number of aliphatic imine (C=N–C) groups is 1. The van der Waals surface area contributed by atoms with E-state index in [9.17, 15) is 0 Å². The highest BCUT2D eigenvalue weighted by Crippen LogP contribution is 2.27. The lowest BCUT2D eigenvalue weighted by Gasteiger charge is -2.26. The molecule has 1 atom stereocenters. The van der Waals surface area contributed by atoms with Gasteiger partial charge in [0.2, 0.25) is 0 Å². The zero-order valence-corrected chi connectivity index (χ0v) is 10.4. The lowest BCUT2D eigenvalue weighted by atomic mass is 10.1. The summed E-state index contributed by atoms with van der Waals surface area (Å²) in [5, 5.41) is 0. The van der Waals surface area contributed by atoms with Crippen LogP contribution in [0.4, 0.5) is 0 Å². The minimum atomic E-state index is 0.255. The molecule has 4 nitrogen and oxygen atoms in total. The molecule has 0 fully saturated rings. The molecule has 0 amide bonds. The van der Waals surface area contributed by atoms with Crippen molar-refractivity contribution in [3.05, 3.63) is 29.8 Å². The Morgan fingerprint density at radius 3 is 3.06 bits per heavy atom. The van der Waals surface area contributed by atoms with Crippen molar-refractivity contribution in [1.29, 1.82) is 0 Å². The molecule has 2 N–H and O–H groups in total. The second-order valence-corrected chi connectivity index (χ2v) is 4.18. The summed E-state index contributed by atoms with van der Waals surface area (Å²) in [4.78, 5) is 6.49. The molecule has 1 aromatic carbocycles. The van der Waals surface area contributed by atoms with E-state index in [2.05, 4.69) is 28.9 Å². The molecule has 0 aliphatic carbocycles. The van der Waals surface area contributed by atoms with E-state index in [4.69, 9.17) is 10.5 Å². The van der Waals surface area contributed by atoms with E-state index in [1.54, 1.807) is 7.11 Å². The van der Waals surface area contributed by atoms with Gasteiger partial charge in [0.15, 0.2) is 5.96 Å². The molecule has 2 rings (SSSR count). The molecule has 0 bridgehead atoms. The van der Waals surface area contributed by atoms with E-state index >= 15 is 0 Å². The highest BCUT2D eigenvalue weighted by Gasteiger charge is 2.26. The number of nitrogens with two attached hydrogens (primary N) is 1. The highest BCUT2D eigenvalue weighted by atomic mass is 16.5. The summed E-state index contributed by atoms with van der Waals surface area (Å²) in [7, 11) is 1.68. The normalized spacial score (nSPS) is 19.3. The second-order valence-electron chi connectivity index (χ2n) is 4.18. The van der Waals surface area contributed by atoms with E-state index in [1.165, 1.54) is 5.56 Å². The Morgan fingerprint density at radius 2 is 2.35 bits per heavy atom. The molecular weight excluding hydrogens is 214 g/mol. The predicted octanol–water partition coefficient (Wildman–Crippen LogP) is 1.78. The van der Waals surface area contributed by atoms with Crippen molar-refractivity contribution in [2.45, 2.75) is 19.4 Å². The molecule has 1 aliphatic rings. The number of hydrogen-bond donors (Lipinski definition) is 1. The lowest BCUT2D eigenvalue weighted by Crippen LogP contribution is -2.36. The van der Waals surface area contributed by atoms with Crippen LogP contribution >= 0.6 is 0 Å². The van der Waals surface area contributed by atoms with Gasteiger partial charge >= 0.3 is 0 Å². The molecule has 1 heterocycles. The maximum Gasteiger partial charge on any atom is 0.191 e. The first-order chi connectivity index (χ1) is 8.26. The Hall–Kier alpha value is -1.71. The van der Waals surface area contributed by atoms with Gasteiger partial charge in [0.25, 0.3) is 0 Å². The third kappa shape index (κ3) is 2.35. The Kier molecular flexibility index (Phi) is 3.52. The summed E-state index contributed by atoms with van der Waals surface area (Å²) in [6.07, 6.45) is 1.07. The fraction of sp³-hybridized carbons (Fsp3) is 0.462. The first kappa shape index (κ1) is 11.8. The van der Waals surface area contributed by atoms with Crippen LogP contribution in [0.3, 0.4) is 0 Å². The second kappa shape index (κ2) is 5.08. The minimum absolute atomic E-state index is 0.255. The largest absolute Gasteiger partial charge is 0.497 e. The summed E-state index contributed by atoms with van der Waals surface area (Å²) >= 11 is 0. The van der Waals surface area contributed by atoms with E-state index in [0.717, 1.165) is 25.3 Å². The van der Waals surface area contributed by atoms with E-state index in [-0.39, 0.29) is 6.04 Å². The van der Waals surface area contributed by atoms with Crippen LogP contribution in [0.5, 0.6) is 5.75 Å². The van der Waals surface area contributed by atoms with Crippen LogP contribution in [0.15, 0.2) is 29.3 Å². The molecule has 0 saturated heterocycles. The molecule has 0 saturated carbocycles. The molecule has 1 aromatic rings. The van der Waals surface area contributed by atoms with Gasteiger partial charge in [-0.25, -0.2) is 0 Å². The summed E-state index contributed by atoms with van der Waals surface area (Å²) < 4.78 is 5.25. The Morgan fingerprint density at radius 1 is 1.53 bits per heavy atom. The standard InChI is InChI=1S/C13H19N3O/c1-3-7-16-12(9-15-13(16)14)10-5-4-6-11(8-10)17-2/h4-6,8,12H,3,7,9H2,1-2H3,(H2,14,15). The fourth-order valence-corrected chi connectivity index (χ4v) is 2.17. The van der Waals surface area contributed by atoms with Crippen LogP contribution in [0.25, 0.3) is 0 Å². The van der Waals surface area contributed by atoms with Crippen molar-refractivity contribution < 1.29 is 4.74 Å². The molecule has 1 unspecified atom stereocenters. The molecule has 0 aromatic heterocycles. The highest BCUT2D eigenvalue weighted by molar-refractivity contribution is 5.80. The summed E-state index contributed by atoms with van der Waals surface area (Å²) in [5.74, 6) is 1.53. The van der Waals surface area contributed by atoms with Gasteiger partial charge in [-0.05, 0) is 24.1 Å². The number of methoxy groups -OCH3 is 1. The van der Waals surface area contributed by atoms with Gasteiger partial charge in [-0.3, -0.25) is 4.99 Å². The number of rotatable bonds is 4. The number of ether oxygens (including phenoxy) is 1. The monoisotopic (exact) mass is 233 g/mol. The van der Waals surface area contributed by atoms with Crippen LogP contribution in [0.2, 0.25) is 0 Å². The van der Waals surface area contributed by atoms with Crippen molar-refractivity contribution >= 4 is 5.96 Å². The maximum absolute atomic E-state index is 5.91. The number of hydrogen-bond acceptors (Lipinski definition) is 4. The quantitative estimate of drug-likeness (QED) is 0.862. The summed E-state index contributed by atoms with van der Waals surface area (Å²) in [5.41, 5.74) is 7.12. The van der Waals surface area contributed by atoms with Crippen LogP contribution in [-0.4, -0.2) is 31.1 Å². The zero-order valence-electron chi connectivity index (χ0n) is 10.4. The van der Waals surface area contributed by atoms with Crippen molar-refractivity contribution in [2.24, 2.45) is 10.7 Å². The molecule has 4 heteroatoms. The van der Waals surface area contributed by atoms with Gasteiger partial charge in [0.05, 0.1) is 19.7 Å². The average Bonchev–Trinajstić information content (AvgIpc) is 2.72. The van der Waals surface area contributed by atoms with Crippen molar-refractivity contribution in [1.82, 2.24) is 4.90 Å². The van der Waals surface area contributed by atoms with Crippen LogP contribution in [-0.2, 0) is 0 Å². The Labute approximate surface area is 102 Å². The molecule has 0 radical (unpaired) electrons. The molecule has 0 spiro atoms. The predicted molar refractivity (Wildman–Crippen MR) is 69.2 cm³/mol. The summed E-state index contributed by atoms with van der Waals surface area (Å²) in [6.45, 7) is 3.82. The lowest BCUT2D eigenvalue weighted by molar-refractivity contribution is 0.345. The van der Waals surface area contributed by atoms with Crippen molar-refractivity contribution in [3.8, 4) is 5.75 Å². The maximum atomic E-state index is 5.91. The first-order valence-electron chi connectivity index (χ1n) is 5.96. The molecule has 92 valence electrons. The van der Waals surface area contributed by atoms with Gasteiger partial charge in [-0.15, -0.1) is 0 Å². The molecular formula is C13H19N3O. The Bertz CT molecular complexity index is 417. The van der Waals surface area contributed by atoms with Crippen LogP contribution in [0, 0.1) is 0 Å². The fourth-order valence-electron chi connectivity index (χ4n) is 2.17. The van der Waals surface area contributed by atoms with E-state index < -0.39 is 0 Å². The smallest absolute Gasteiger partial charge is 0.191 e. The molecule has 1 aliphatic heterocycles. The first-order valence-corrected chi connectivity index (χ1v) is 5.96. The zero-order chi connectivity index (χ0) is 12.3. The minimum Gasteiger partial charge on any atom is -0.497 e. The van der Waals surface area contributed by atoms with Gasteiger partial charge in [0.1, 0.15) is 5.75 Å². The summed E-state index contributed by atoms with van der Waals surface area (Å²) in [6, 6.07) is 8.37. The average molecular weight is 233 g/mol. The van der Waals surface area contributed by atoms with E-state index in [1.807, 2.05) is 12.1 Å². The number of guanidine groups is 1.